The molecule has 0 spiro atoms. The molecule has 20 heavy (non-hydrogen) atoms. The minimum atomic E-state index is 0.801. The predicted molar refractivity (Wildman–Crippen MR) is 80.7 cm³/mol. The lowest BCUT2D eigenvalue weighted by Gasteiger charge is -2.19. The molecule has 3 rings (SSSR count). The Balaban J connectivity index is 1.78. The van der Waals surface area contributed by atoms with E-state index in [2.05, 4.69) is 52.6 Å². The third-order valence-electron chi connectivity index (χ3n) is 3.82. The molecule has 2 heterocycles. The minimum Gasteiger partial charge on any atom is -0.366 e. The van der Waals surface area contributed by atoms with Crippen LogP contribution in [-0.2, 0) is 19.5 Å². The maximum atomic E-state index is 4.39. The van der Waals surface area contributed by atoms with Crippen LogP contribution in [0.2, 0.25) is 0 Å². The average Bonchev–Trinajstić information content (AvgIpc) is 2.46. The SMILES string of the molecule is Cc1ccc(CNc2ncnc3c2CNCC3)c(C)c1. The van der Waals surface area contributed by atoms with Crippen molar-refractivity contribution in [2.45, 2.75) is 33.4 Å². The topological polar surface area (TPSA) is 49.8 Å². The summed E-state index contributed by atoms with van der Waals surface area (Å²) in [6, 6.07) is 6.55. The van der Waals surface area contributed by atoms with Crippen molar-refractivity contribution in [3.8, 4) is 0 Å². The average molecular weight is 268 g/mol. The highest BCUT2D eigenvalue weighted by atomic mass is 15.0. The van der Waals surface area contributed by atoms with Gasteiger partial charge in [0.1, 0.15) is 12.1 Å². The van der Waals surface area contributed by atoms with Gasteiger partial charge < -0.3 is 10.6 Å². The zero-order chi connectivity index (χ0) is 13.9. The van der Waals surface area contributed by atoms with E-state index in [9.17, 15) is 0 Å². The molecule has 0 saturated carbocycles. The number of nitrogens with zero attached hydrogens (tertiary/aromatic N) is 2. The lowest BCUT2D eigenvalue weighted by Crippen LogP contribution is -2.26. The van der Waals surface area contributed by atoms with Crippen molar-refractivity contribution in [1.29, 1.82) is 0 Å². The molecule has 0 bridgehead atoms. The van der Waals surface area contributed by atoms with Gasteiger partial charge >= 0.3 is 0 Å². The molecular weight excluding hydrogens is 248 g/mol. The van der Waals surface area contributed by atoms with E-state index in [0.29, 0.717) is 0 Å². The predicted octanol–water partition coefficient (Wildman–Crippen LogP) is 2.35. The highest BCUT2D eigenvalue weighted by molar-refractivity contribution is 5.47. The minimum absolute atomic E-state index is 0.801. The quantitative estimate of drug-likeness (QED) is 0.897. The third-order valence-corrected chi connectivity index (χ3v) is 3.82. The highest BCUT2D eigenvalue weighted by Gasteiger charge is 2.14. The van der Waals surface area contributed by atoms with Gasteiger partial charge in [-0.2, -0.15) is 0 Å². The Hall–Kier alpha value is -1.94. The van der Waals surface area contributed by atoms with Crippen LogP contribution in [0.3, 0.4) is 0 Å². The highest BCUT2D eigenvalue weighted by Crippen LogP contribution is 2.20. The fraction of sp³-hybridized carbons (Fsp3) is 0.375. The first kappa shape index (κ1) is 13.1. The summed E-state index contributed by atoms with van der Waals surface area (Å²) < 4.78 is 0. The lowest BCUT2D eigenvalue weighted by molar-refractivity contribution is 0.627. The second-order valence-electron chi connectivity index (χ2n) is 5.36. The molecule has 0 aliphatic carbocycles. The number of aromatic nitrogens is 2. The smallest absolute Gasteiger partial charge is 0.134 e. The van der Waals surface area contributed by atoms with E-state index in [0.717, 1.165) is 31.9 Å². The molecule has 4 heteroatoms. The van der Waals surface area contributed by atoms with Crippen molar-refractivity contribution in [2.24, 2.45) is 0 Å². The number of hydrogen-bond donors (Lipinski definition) is 2. The van der Waals surface area contributed by atoms with Crippen molar-refractivity contribution in [2.75, 3.05) is 11.9 Å². The van der Waals surface area contributed by atoms with Crippen LogP contribution in [0, 0.1) is 13.8 Å². The van der Waals surface area contributed by atoms with E-state index in [1.165, 1.54) is 27.9 Å². The molecule has 1 aliphatic heterocycles. The van der Waals surface area contributed by atoms with Crippen LogP contribution in [-0.4, -0.2) is 16.5 Å². The van der Waals surface area contributed by atoms with Gasteiger partial charge in [0.2, 0.25) is 0 Å². The van der Waals surface area contributed by atoms with Gasteiger partial charge in [0.25, 0.3) is 0 Å². The van der Waals surface area contributed by atoms with Gasteiger partial charge in [-0.25, -0.2) is 9.97 Å². The second kappa shape index (κ2) is 5.59. The molecule has 0 atom stereocenters. The molecule has 2 N–H and O–H groups in total. The van der Waals surface area contributed by atoms with Crippen LogP contribution in [0.15, 0.2) is 24.5 Å². The molecule has 1 aromatic carbocycles. The summed E-state index contributed by atoms with van der Waals surface area (Å²) in [5, 5.41) is 6.84. The Morgan fingerprint density at radius 1 is 1.25 bits per heavy atom. The van der Waals surface area contributed by atoms with Crippen molar-refractivity contribution in [1.82, 2.24) is 15.3 Å². The standard InChI is InChI=1S/C16H20N4/c1-11-3-4-13(12(2)7-11)8-18-16-14-9-17-6-5-15(14)19-10-20-16/h3-4,7,10,17H,5-6,8-9H2,1-2H3,(H,18,19,20). The van der Waals surface area contributed by atoms with Crippen LogP contribution in [0.1, 0.15) is 27.9 Å². The van der Waals surface area contributed by atoms with E-state index in [4.69, 9.17) is 0 Å². The Morgan fingerprint density at radius 2 is 2.15 bits per heavy atom. The summed E-state index contributed by atoms with van der Waals surface area (Å²) in [4.78, 5) is 8.77. The summed E-state index contributed by atoms with van der Waals surface area (Å²) in [7, 11) is 0. The number of fused-ring (bicyclic) bond motifs is 1. The summed E-state index contributed by atoms with van der Waals surface area (Å²) in [6.07, 6.45) is 2.64. The zero-order valence-corrected chi connectivity index (χ0v) is 12.0. The van der Waals surface area contributed by atoms with E-state index < -0.39 is 0 Å². The number of anilines is 1. The molecule has 2 aromatic rings. The summed E-state index contributed by atoms with van der Waals surface area (Å²) in [5.41, 5.74) is 6.31. The van der Waals surface area contributed by atoms with Crippen LogP contribution in [0.25, 0.3) is 0 Å². The van der Waals surface area contributed by atoms with Gasteiger partial charge in [-0.1, -0.05) is 23.8 Å². The van der Waals surface area contributed by atoms with E-state index in [1.807, 2.05) is 0 Å². The van der Waals surface area contributed by atoms with Crippen molar-refractivity contribution in [3.05, 3.63) is 52.5 Å². The normalized spacial score (nSPS) is 13.9. The monoisotopic (exact) mass is 268 g/mol. The molecule has 4 nitrogen and oxygen atoms in total. The molecule has 1 aromatic heterocycles. The van der Waals surface area contributed by atoms with Gasteiger partial charge in [0.05, 0.1) is 5.69 Å². The molecule has 0 fully saturated rings. The number of rotatable bonds is 3. The summed E-state index contributed by atoms with van der Waals surface area (Å²) >= 11 is 0. The van der Waals surface area contributed by atoms with Crippen LogP contribution >= 0.6 is 0 Å². The molecule has 1 aliphatic rings. The third kappa shape index (κ3) is 2.65. The Bertz CT molecular complexity index is 622. The molecule has 104 valence electrons. The van der Waals surface area contributed by atoms with Crippen molar-refractivity contribution in [3.63, 3.8) is 0 Å². The van der Waals surface area contributed by atoms with Gasteiger partial charge in [-0.3, -0.25) is 0 Å². The lowest BCUT2D eigenvalue weighted by atomic mass is 10.1. The van der Waals surface area contributed by atoms with Crippen molar-refractivity contribution < 1.29 is 0 Å². The number of aryl methyl sites for hydroxylation is 2. The zero-order valence-electron chi connectivity index (χ0n) is 12.0. The first-order valence-electron chi connectivity index (χ1n) is 7.07. The Morgan fingerprint density at radius 3 is 3.00 bits per heavy atom. The fourth-order valence-electron chi connectivity index (χ4n) is 2.65. The molecule has 0 saturated heterocycles. The van der Waals surface area contributed by atoms with Gasteiger partial charge in [-0.15, -0.1) is 0 Å². The van der Waals surface area contributed by atoms with Crippen LogP contribution in [0.4, 0.5) is 5.82 Å². The Labute approximate surface area is 119 Å². The van der Waals surface area contributed by atoms with Gasteiger partial charge in [-0.05, 0) is 25.0 Å². The molecule has 0 amide bonds. The number of nitrogens with one attached hydrogen (secondary N) is 2. The maximum absolute atomic E-state index is 4.39. The van der Waals surface area contributed by atoms with E-state index in [-0.39, 0.29) is 0 Å². The van der Waals surface area contributed by atoms with Gasteiger partial charge in [0.15, 0.2) is 0 Å². The number of benzene rings is 1. The van der Waals surface area contributed by atoms with Crippen molar-refractivity contribution >= 4 is 5.82 Å². The van der Waals surface area contributed by atoms with E-state index >= 15 is 0 Å². The summed E-state index contributed by atoms with van der Waals surface area (Å²) in [6.45, 7) is 6.93. The van der Waals surface area contributed by atoms with Crippen LogP contribution < -0.4 is 10.6 Å². The fourth-order valence-corrected chi connectivity index (χ4v) is 2.65. The Kier molecular flexibility index (Phi) is 3.65. The number of hydrogen-bond acceptors (Lipinski definition) is 4. The largest absolute Gasteiger partial charge is 0.366 e. The first-order valence-corrected chi connectivity index (χ1v) is 7.07. The maximum Gasteiger partial charge on any atom is 0.134 e. The first-order chi connectivity index (χ1) is 9.74. The summed E-state index contributed by atoms with van der Waals surface area (Å²) in [5.74, 6) is 0.960. The molecule has 0 unspecified atom stereocenters. The second-order valence-corrected chi connectivity index (χ2v) is 5.36. The van der Waals surface area contributed by atoms with E-state index in [1.54, 1.807) is 6.33 Å². The molecule has 0 radical (unpaired) electrons. The molecular formula is C16H20N4. The van der Waals surface area contributed by atoms with Gasteiger partial charge in [0, 0.05) is 31.6 Å². The van der Waals surface area contributed by atoms with Crippen LogP contribution in [0.5, 0.6) is 0 Å².